The van der Waals surface area contributed by atoms with Crippen LogP contribution in [-0.2, 0) is 4.79 Å². The summed E-state index contributed by atoms with van der Waals surface area (Å²) >= 11 is 5.25. The van der Waals surface area contributed by atoms with E-state index in [0.29, 0.717) is 24.1 Å². The van der Waals surface area contributed by atoms with Crippen molar-refractivity contribution in [3.63, 3.8) is 0 Å². The van der Waals surface area contributed by atoms with Crippen LogP contribution in [0, 0.1) is 0 Å². The van der Waals surface area contributed by atoms with Crippen molar-refractivity contribution in [1.82, 2.24) is 15.5 Å². The number of nitrogens with zero attached hydrogens (tertiary/aromatic N) is 1. The van der Waals surface area contributed by atoms with Crippen molar-refractivity contribution in [2.45, 2.75) is 57.4 Å². The summed E-state index contributed by atoms with van der Waals surface area (Å²) in [6.07, 6.45) is 9.15. The highest BCUT2D eigenvalue weighted by atomic mass is 32.1. The Labute approximate surface area is 121 Å². The van der Waals surface area contributed by atoms with Crippen LogP contribution in [0.1, 0.15) is 51.4 Å². The maximum Gasteiger partial charge on any atom is 0.224 e. The smallest absolute Gasteiger partial charge is 0.224 e. The van der Waals surface area contributed by atoms with Crippen molar-refractivity contribution in [3.05, 3.63) is 0 Å². The molecule has 0 radical (unpaired) electrons. The van der Waals surface area contributed by atoms with Crippen molar-refractivity contribution < 1.29 is 4.79 Å². The number of nitrogens with one attached hydrogen (secondary N) is 2. The van der Waals surface area contributed by atoms with Crippen molar-refractivity contribution in [1.29, 1.82) is 0 Å². The highest BCUT2D eigenvalue weighted by Crippen LogP contribution is 2.17. The number of carbonyl (C=O) groups excluding carboxylic acids is 1. The third-order valence-corrected chi connectivity index (χ3v) is 4.29. The van der Waals surface area contributed by atoms with E-state index in [1.54, 1.807) is 0 Å². The number of hydrogen-bond donors (Lipinski definition) is 2. The van der Waals surface area contributed by atoms with Gasteiger partial charge in [-0.2, -0.15) is 0 Å². The van der Waals surface area contributed by atoms with Crippen LogP contribution in [0.25, 0.3) is 0 Å². The molecule has 108 valence electrons. The van der Waals surface area contributed by atoms with Gasteiger partial charge in [0.05, 0.1) is 0 Å². The maximum absolute atomic E-state index is 11.9. The predicted octanol–water partition coefficient (Wildman–Crippen LogP) is 1.80. The molecule has 2 rings (SSSR count). The molecule has 0 aromatic heterocycles. The Morgan fingerprint density at radius 3 is 2.47 bits per heavy atom. The van der Waals surface area contributed by atoms with E-state index in [2.05, 4.69) is 10.6 Å². The Balaban J connectivity index is 1.57. The van der Waals surface area contributed by atoms with Crippen molar-refractivity contribution in [2.75, 3.05) is 19.6 Å². The van der Waals surface area contributed by atoms with Crippen LogP contribution in [0.3, 0.4) is 0 Å². The predicted molar refractivity (Wildman–Crippen MR) is 81.0 cm³/mol. The van der Waals surface area contributed by atoms with Gasteiger partial charge in [-0.25, -0.2) is 0 Å². The number of rotatable bonds is 4. The van der Waals surface area contributed by atoms with E-state index in [1.165, 1.54) is 32.1 Å². The summed E-state index contributed by atoms with van der Waals surface area (Å²) in [5.41, 5.74) is 0. The first-order chi connectivity index (χ1) is 9.25. The van der Waals surface area contributed by atoms with Crippen LogP contribution in [-0.4, -0.2) is 41.6 Å². The van der Waals surface area contributed by atoms with Crippen LogP contribution < -0.4 is 10.6 Å². The summed E-state index contributed by atoms with van der Waals surface area (Å²) in [4.78, 5) is 13.9. The van der Waals surface area contributed by atoms with E-state index in [4.69, 9.17) is 12.2 Å². The molecule has 5 heteroatoms. The fourth-order valence-corrected chi connectivity index (χ4v) is 3.16. The van der Waals surface area contributed by atoms with E-state index >= 15 is 0 Å². The van der Waals surface area contributed by atoms with Crippen molar-refractivity contribution in [3.8, 4) is 0 Å². The summed E-state index contributed by atoms with van der Waals surface area (Å²) in [5.74, 6) is 0.260. The molecule has 1 amide bonds. The molecular weight excluding hydrogens is 258 g/mol. The van der Waals surface area contributed by atoms with Crippen LogP contribution in [0.4, 0.5) is 0 Å². The van der Waals surface area contributed by atoms with Gasteiger partial charge in [0.2, 0.25) is 5.91 Å². The quantitative estimate of drug-likeness (QED) is 0.772. The van der Waals surface area contributed by atoms with Gasteiger partial charge in [0.25, 0.3) is 0 Å². The first-order valence-electron chi connectivity index (χ1n) is 7.58. The molecule has 1 aliphatic carbocycles. The summed E-state index contributed by atoms with van der Waals surface area (Å²) in [7, 11) is 0. The molecule has 0 atom stereocenters. The molecule has 0 aromatic rings. The van der Waals surface area contributed by atoms with E-state index < -0.39 is 0 Å². The Hall–Kier alpha value is -0.840. The minimum atomic E-state index is 0.260. The van der Waals surface area contributed by atoms with Gasteiger partial charge in [0.15, 0.2) is 5.11 Å². The molecule has 19 heavy (non-hydrogen) atoms. The van der Waals surface area contributed by atoms with Crippen LogP contribution in [0.5, 0.6) is 0 Å². The van der Waals surface area contributed by atoms with Gasteiger partial charge in [0, 0.05) is 32.1 Å². The van der Waals surface area contributed by atoms with Gasteiger partial charge < -0.3 is 15.5 Å². The molecule has 1 saturated heterocycles. The molecule has 2 fully saturated rings. The SMILES string of the molecule is O=C(CCNC(=S)NC1CCCC1)N1CCCCC1. The molecule has 0 bridgehead atoms. The number of amides is 1. The van der Waals surface area contributed by atoms with Gasteiger partial charge in [-0.15, -0.1) is 0 Å². The summed E-state index contributed by atoms with van der Waals surface area (Å²) in [6, 6.07) is 0.540. The molecule has 0 unspecified atom stereocenters. The first kappa shape index (κ1) is 14.6. The Kier molecular flexibility index (Phi) is 5.89. The zero-order chi connectivity index (χ0) is 13.5. The van der Waals surface area contributed by atoms with Crippen molar-refractivity contribution in [2.24, 2.45) is 0 Å². The number of likely N-dealkylation sites (tertiary alicyclic amines) is 1. The van der Waals surface area contributed by atoms with Crippen LogP contribution >= 0.6 is 12.2 Å². The number of thiocarbonyl (C=S) groups is 1. The van der Waals surface area contributed by atoms with E-state index in [-0.39, 0.29) is 5.91 Å². The lowest BCUT2D eigenvalue weighted by Crippen LogP contribution is -2.42. The normalized spacial score (nSPS) is 20.3. The molecule has 0 spiro atoms. The zero-order valence-electron chi connectivity index (χ0n) is 11.6. The van der Waals surface area contributed by atoms with E-state index in [1.807, 2.05) is 4.90 Å². The maximum atomic E-state index is 11.9. The Morgan fingerprint density at radius 1 is 1.11 bits per heavy atom. The lowest BCUT2D eigenvalue weighted by molar-refractivity contribution is -0.131. The second kappa shape index (κ2) is 7.68. The molecule has 1 aliphatic heterocycles. The topological polar surface area (TPSA) is 44.4 Å². The molecule has 0 aromatic carbocycles. The van der Waals surface area contributed by atoms with Crippen molar-refractivity contribution >= 4 is 23.2 Å². The lowest BCUT2D eigenvalue weighted by Gasteiger charge is -2.26. The summed E-state index contributed by atoms with van der Waals surface area (Å²) in [5, 5.41) is 7.19. The summed E-state index contributed by atoms with van der Waals surface area (Å²) < 4.78 is 0. The van der Waals surface area contributed by atoms with Crippen LogP contribution in [0.2, 0.25) is 0 Å². The minimum Gasteiger partial charge on any atom is -0.362 e. The number of carbonyl (C=O) groups is 1. The Bertz CT molecular complexity index is 310. The molecule has 2 aliphatic rings. The number of hydrogen-bond acceptors (Lipinski definition) is 2. The summed E-state index contributed by atoms with van der Waals surface area (Å²) in [6.45, 7) is 2.51. The number of piperidine rings is 1. The van der Waals surface area contributed by atoms with Gasteiger partial charge >= 0.3 is 0 Å². The van der Waals surface area contributed by atoms with Crippen LogP contribution in [0.15, 0.2) is 0 Å². The Morgan fingerprint density at radius 2 is 1.79 bits per heavy atom. The molecule has 4 nitrogen and oxygen atoms in total. The second-order valence-electron chi connectivity index (χ2n) is 5.57. The molecule has 1 saturated carbocycles. The molecular formula is C14H25N3OS. The van der Waals surface area contributed by atoms with Gasteiger partial charge in [-0.05, 0) is 44.3 Å². The highest BCUT2D eigenvalue weighted by molar-refractivity contribution is 7.80. The monoisotopic (exact) mass is 283 g/mol. The van der Waals surface area contributed by atoms with E-state index in [0.717, 1.165) is 25.9 Å². The molecule has 2 N–H and O–H groups in total. The third-order valence-electron chi connectivity index (χ3n) is 4.02. The standard InChI is InChI=1S/C14H25N3OS/c18-13(17-10-4-1-5-11-17)8-9-15-14(19)16-12-6-2-3-7-12/h12H,1-11H2,(H2,15,16,19). The lowest BCUT2D eigenvalue weighted by atomic mass is 10.1. The fourth-order valence-electron chi connectivity index (χ4n) is 2.89. The third kappa shape index (κ3) is 4.97. The average Bonchev–Trinajstić information content (AvgIpc) is 2.92. The van der Waals surface area contributed by atoms with Gasteiger partial charge in [0.1, 0.15) is 0 Å². The van der Waals surface area contributed by atoms with Gasteiger partial charge in [-0.3, -0.25) is 4.79 Å². The van der Waals surface area contributed by atoms with Gasteiger partial charge in [-0.1, -0.05) is 12.8 Å². The van der Waals surface area contributed by atoms with E-state index in [9.17, 15) is 4.79 Å². The average molecular weight is 283 g/mol. The molecule has 1 heterocycles. The first-order valence-corrected chi connectivity index (χ1v) is 7.98. The largest absolute Gasteiger partial charge is 0.362 e. The fraction of sp³-hybridized carbons (Fsp3) is 0.857. The highest BCUT2D eigenvalue weighted by Gasteiger charge is 2.17. The minimum absolute atomic E-state index is 0.260. The zero-order valence-corrected chi connectivity index (χ0v) is 12.4. The second-order valence-corrected chi connectivity index (χ2v) is 5.98.